The van der Waals surface area contributed by atoms with Gasteiger partial charge in [-0.1, -0.05) is 17.7 Å². The molecule has 25 heavy (non-hydrogen) atoms. The molecule has 1 aliphatic heterocycles. The Balaban J connectivity index is 1.89. The van der Waals surface area contributed by atoms with Crippen molar-refractivity contribution < 1.29 is 14.4 Å². The van der Waals surface area contributed by atoms with Crippen molar-refractivity contribution in [3.05, 3.63) is 57.1 Å². The van der Waals surface area contributed by atoms with Crippen molar-refractivity contribution in [2.24, 2.45) is 10.9 Å². The lowest BCUT2D eigenvalue weighted by Crippen LogP contribution is -2.58. The van der Waals surface area contributed by atoms with Crippen molar-refractivity contribution in [2.45, 2.75) is 0 Å². The van der Waals surface area contributed by atoms with Crippen LogP contribution in [0.1, 0.15) is 0 Å². The molecule has 0 bridgehead atoms. The highest BCUT2D eigenvalue weighted by Crippen LogP contribution is 2.22. The third-order valence-electron chi connectivity index (χ3n) is 3.47. The van der Waals surface area contributed by atoms with Crippen LogP contribution in [0.3, 0.4) is 0 Å². The van der Waals surface area contributed by atoms with E-state index >= 15 is 0 Å². The van der Waals surface area contributed by atoms with Crippen LogP contribution in [0, 0.1) is 9.49 Å². The predicted molar refractivity (Wildman–Crippen MR) is 103 cm³/mol. The molecule has 126 valence electrons. The van der Waals surface area contributed by atoms with Crippen molar-refractivity contribution >= 4 is 69.6 Å². The normalized spacial score (nSPS) is 17.9. The third kappa shape index (κ3) is 3.88. The van der Waals surface area contributed by atoms with E-state index in [-0.39, 0.29) is 0 Å². The number of amides is 4. The van der Waals surface area contributed by atoms with E-state index in [9.17, 15) is 14.4 Å². The third-order valence-corrected chi connectivity index (χ3v) is 4.42. The summed E-state index contributed by atoms with van der Waals surface area (Å²) in [5.74, 6) is -2.56. The van der Waals surface area contributed by atoms with Crippen LogP contribution in [0.5, 0.6) is 0 Å². The molecule has 1 saturated heterocycles. The molecule has 0 spiro atoms. The number of barbiturate groups is 1. The lowest BCUT2D eigenvalue weighted by molar-refractivity contribution is -0.131. The summed E-state index contributed by atoms with van der Waals surface area (Å²) in [5.41, 5.74) is 0.891. The second-order valence-electron chi connectivity index (χ2n) is 5.18. The molecule has 0 aromatic heterocycles. The molecule has 0 aliphatic carbocycles. The summed E-state index contributed by atoms with van der Waals surface area (Å²) in [7, 11) is 0. The molecule has 0 saturated carbocycles. The molecule has 1 fully saturated rings. The maximum atomic E-state index is 12.6. The Morgan fingerprint density at radius 1 is 1.12 bits per heavy atom. The fraction of sp³-hybridized carbons (Fsp3) is 0.0588. The number of carbonyl (C=O) groups excluding carboxylic acids is 3. The van der Waals surface area contributed by atoms with E-state index in [0.29, 0.717) is 16.4 Å². The maximum absolute atomic E-state index is 12.6. The summed E-state index contributed by atoms with van der Waals surface area (Å²) in [5, 5.41) is 2.67. The Hall–Kier alpha value is -2.26. The zero-order valence-corrected chi connectivity index (χ0v) is 15.6. The number of anilines is 1. The van der Waals surface area contributed by atoms with E-state index in [1.165, 1.54) is 6.21 Å². The molecule has 1 N–H and O–H groups in total. The van der Waals surface area contributed by atoms with Crippen molar-refractivity contribution in [3.8, 4) is 0 Å². The molecule has 2 aromatic rings. The van der Waals surface area contributed by atoms with Crippen LogP contribution in [-0.2, 0) is 9.59 Å². The van der Waals surface area contributed by atoms with Crippen LogP contribution in [0.4, 0.5) is 16.2 Å². The van der Waals surface area contributed by atoms with Crippen LogP contribution >= 0.6 is 34.2 Å². The molecule has 0 radical (unpaired) electrons. The van der Waals surface area contributed by atoms with Crippen LogP contribution in [-0.4, -0.2) is 24.1 Å². The van der Waals surface area contributed by atoms with E-state index in [1.54, 1.807) is 48.5 Å². The lowest BCUT2D eigenvalue weighted by atomic mass is 10.1. The topological polar surface area (TPSA) is 78.8 Å². The number of nitrogens with one attached hydrogen (secondary N) is 1. The minimum Gasteiger partial charge on any atom is -0.276 e. The minimum atomic E-state index is -1.20. The van der Waals surface area contributed by atoms with Gasteiger partial charge in [0, 0.05) is 14.8 Å². The highest BCUT2D eigenvalue weighted by molar-refractivity contribution is 14.1. The van der Waals surface area contributed by atoms with Crippen LogP contribution < -0.4 is 10.2 Å². The molecule has 6 nitrogen and oxygen atoms in total. The largest absolute Gasteiger partial charge is 0.335 e. The van der Waals surface area contributed by atoms with E-state index < -0.39 is 23.8 Å². The Morgan fingerprint density at radius 2 is 1.84 bits per heavy atom. The highest BCUT2D eigenvalue weighted by Gasteiger charge is 2.40. The van der Waals surface area contributed by atoms with Gasteiger partial charge in [0.25, 0.3) is 5.91 Å². The lowest BCUT2D eigenvalue weighted by Gasteiger charge is -2.28. The second kappa shape index (κ2) is 7.32. The fourth-order valence-corrected chi connectivity index (χ4v) is 2.82. The smallest absolute Gasteiger partial charge is 0.276 e. The van der Waals surface area contributed by atoms with E-state index in [2.05, 4.69) is 32.9 Å². The first kappa shape index (κ1) is 17.6. The second-order valence-corrected chi connectivity index (χ2v) is 6.86. The van der Waals surface area contributed by atoms with Gasteiger partial charge in [-0.3, -0.25) is 19.9 Å². The summed E-state index contributed by atoms with van der Waals surface area (Å²) < 4.78 is 0.960. The Morgan fingerprint density at radius 3 is 2.52 bits per heavy atom. The average Bonchev–Trinajstić information content (AvgIpc) is 2.56. The number of hydrogen-bond donors (Lipinski definition) is 1. The number of urea groups is 1. The number of imide groups is 2. The van der Waals surface area contributed by atoms with Gasteiger partial charge < -0.3 is 0 Å². The number of aliphatic imine (C=N–C) groups is 1. The number of hydrogen-bond acceptors (Lipinski definition) is 4. The van der Waals surface area contributed by atoms with Gasteiger partial charge in [-0.25, -0.2) is 9.69 Å². The summed E-state index contributed by atoms with van der Waals surface area (Å²) in [6.45, 7) is 0. The van der Waals surface area contributed by atoms with Crippen molar-refractivity contribution in [1.29, 1.82) is 0 Å². The SMILES string of the molecule is O=C1NC(=O)N(c2ccc(I)cc2)C(=O)[C@@H]1C=Nc1cccc(Cl)c1. The van der Waals surface area contributed by atoms with E-state index in [0.717, 1.165) is 8.47 Å². The van der Waals surface area contributed by atoms with Crippen molar-refractivity contribution in [1.82, 2.24) is 5.32 Å². The van der Waals surface area contributed by atoms with Gasteiger partial charge >= 0.3 is 6.03 Å². The van der Waals surface area contributed by atoms with Gasteiger partial charge in [-0.05, 0) is 65.1 Å². The Kier molecular flexibility index (Phi) is 5.14. The quantitative estimate of drug-likeness (QED) is 0.426. The number of carbonyl (C=O) groups is 3. The molecule has 0 unspecified atom stereocenters. The molecule has 4 amide bonds. The van der Waals surface area contributed by atoms with Gasteiger partial charge in [0.05, 0.1) is 11.4 Å². The predicted octanol–water partition coefficient (Wildman–Crippen LogP) is 3.55. The first-order chi connectivity index (χ1) is 12.0. The number of halogens is 2. The number of benzene rings is 2. The zero-order valence-electron chi connectivity index (χ0n) is 12.6. The van der Waals surface area contributed by atoms with E-state index in [4.69, 9.17) is 11.6 Å². The maximum Gasteiger partial charge on any atom is 0.335 e. The van der Waals surface area contributed by atoms with Gasteiger partial charge in [-0.2, -0.15) is 0 Å². The van der Waals surface area contributed by atoms with E-state index in [1.807, 2.05) is 0 Å². The number of rotatable bonds is 3. The Bertz CT molecular complexity index is 883. The summed E-state index contributed by atoms with van der Waals surface area (Å²) in [6.07, 6.45) is 1.22. The van der Waals surface area contributed by atoms with Crippen LogP contribution in [0.15, 0.2) is 53.5 Å². The monoisotopic (exact) mass is 467 g/mol. The zero-order chi connectivity index (χ0) is 18.0. The van der Waals surface area contributed by atoms with Gasteiger partial charge in [0.1, 0.15) is 0 Å². The molecule has 2 aromatic carbocycles. The fourth-order valence-electron chi connectivity index (χ4n) is 2.27. The summed E-state index contributed by atoms with van der Waals surface area (Å²) >= 11 is 8.00. The highest BCUT2D eigenvalue weighted by atomic mass is 127. The minimum absolute atomic E-state index is 0.386. The molecule has 1 atom stereocenters. The van der Waals surface area contributed by atoms with Crippen LogP contribution in [0.2, 0.25) is 5.02 Å². The molecular formula is C17H11ClIN3O3. The summed E-state index contributed by atoms with van der Waals surface area (Å²) in [6, 6.07) is 12.7. The van der Waals surface area contributed by atoms with Gasteiger partial charge in [-0.15, -0.1) is 0 Å². The van der Waals surface area contributed by atoms with Gasteiger partial charge in [0.15, 0.2) is 5.92 Å². The standard InChI is InChI=1S/C17H11ClIN3O3/c18-10-2-1-3-12(8-10)20-9-14-15(23)21-17(25)22(16(14)24)13-6-4-11(19)5-7-13/h1-9,14H,(H,21,23,25)/t14-/m1/s1. The molecule has 8 heteroatoms. The Labute approximate surface area is 162 Å². The molecule has 1 heterocycles. The first-order valence-electron chi connectivity index (χ1n) is 7.20. The average molecular weight is 468 g/mol. The van der Waals surface area contributed by atoms with Crippen molar-refractivity contribution in [3.63, 3.8) is 0 Å². The van der Waals surface area contributed by atoms with Crippen LogP contribution in [0.25, 0.3) is 0 Å². The molecular weight excluding hydrogens is 457 g/mol. The summed E-state index contributed by atoms with van der Waals surface area (Å²) in [4.78, 5) is 41.8. The molecule has 1 aliphatic rings. The molecule has 3 rings (SSSR count). The van der Waals surface area contributed by atoms with Gasteiger partial charge in [0.2, 0.25) is 5.91 Å². The number of nitrogens with zero attached hydrogens (tertiary/aromatic N) is 2. The van der Waals surface area contributed by atoms with Crippen molar-refractivity contribution in [2.75, 3.05) is 4.90 Å². The first-order valence-corrected chi connectivity index (χ1v) is 8.65.